The van der Waals surface area contributed by atoms with Crippen molar-refractivity contribution < 1.29 is 19.1 Å². The maximum Gasteiger partial charge on any atom is 0.328 e. The van der Waals surface area contributed by atoms with E-state index in [9.17, 15) is 9.59 Å². The third-order valence-corrected chi connectivity index (χ3v) is 9.72. The van der Waals surface area contributed by atoms with Gasteiger partial charge in [0, 0.05) is 18.7 Å². The molecule has 0 bridgehead atoms. The van der Waals surface area contributed by atoms with Crippen molar-refractivity contribution in [3.05, 3.63) is 59.2 Å². The molecule has 2 aromatic rings. The first-order chi connectivity index (χ1) is 20.4. The van der Waals surface area contributed by atoms with Crippen LogP contribution in [0, 0.1) is 18.8 Å². The summed E-state index contributed by atoms with van der Waals surface area (Å²) >= 11 is 1.63. The molecule has 2 aliphatic rings. The SMILES string of the molecule is COC(=O)[C@H](CCSC)NC(=O)c1ccc(COC(C)CN2CCCC(C3CCCCC3)C2)cc1-c1ccccc1C. The van der Waals surface area contributed by atoms with Gasteiger partial charge in [0.05, 0.1) is 19.8 Å². The number of likely N-dealkylation sites (tertiary alicyclic amines) is 1. The summed E-state index contributed by atoms with van der Waals surface area (Å²) in [7, 11) is 1.36. The second-order valence-corrected chi connectivity index (χ2v) is 13.2. The Hall–Kier alpha value is -2.35. The molecule has 2 aromatic carbocycles. The van der Waals surface area contributed by atoms with E-state index in [2.05, 4.69) is 36.2 Å². The van der Waals surface area contributed by atoms with Crippen molar-refractivity contribution in [1.29, 1.82) is 0 Å². The Morgan fingerprint density at radius 1 is 1.02 bits per heavy atom. The summed E-state index contributed by atoms with van der Waals surface area (Å²) in [6.07, 6.45) is 12.4. The summed E-state index contributed by atoms with van der Waals surface area (Å²) in [5.74, 6) is 1.82. The Balaban J connectivity index is 1.43. The Bertz CT molecular complexity index is 1170. The maximum atomic E-state index is 13.5. The quantitative estimate of drug-likeness (QED) is 0.255. The Morgan fingerprint density at radius 2 is 1.79 bits per heavy atom. The molecule has 2 unspecified atom stereocenters. The highest BCUT2D eigenvalue weighted by atomic mass is 32.2. The molecule has 230 valence electrons. The molecule has 4 rings (SSSR count). The fourth-order valence-electron chi connectivity index (χ4n) is 6.74. The molecule has 1 heterocycles. The van der Waals surface area contributed by atoms with Crippen LogP contribution in [0.4, 0.5) is 0 Å². The molecule has 0 radical (unpaired) electrons. The average molecular weight is 595 g/mol. The summed E-state index contributed by atoms with van der Waals surface area (Å²) < 4.78 is 11.3. The molecule has 0 aromatic heterocycles. The van der Waals surface area contributed by atoms with E-state index >= 15 is 0 Å². The molecule has 1 saturated heterocycles. The van der Waals surface area contributed by atoms with Gasteiger partial charge in [0.2, 0.25) is 0 Å². The van der Waals surface area contributed by atoms with Crippen LogP contribution in [-0.4, -0.2) is 67.7 Å². The van der Waals surface area contributed by atoms with Crippen molar-refractivity contribution in [3.8, 4) is 11.1 Å². The molecule has 1 amide bonds. The minimum Gasteiger partial charge on any atom is -0.467 e. The van der Waals surface area contributed by atoms with Gasteiger partial charge < -0.3 is 19.7 Å². The molecule has 42 heavy (non-hydrogen) atoms. The normalized spacial score (nSPS) is 19.7. The van der Waals surface area contributed by atoms with Crippen molar-refractivity contribution in [2.75, 3.05) is 38.8 Å². The summed E-state index contributed by atoms with van der Waals surface area (Å²) in [4.78, 5) is 28.5. The van der Waals surface area contributed by atoms with E-state index in [-0.39, 0.29) is 12.0 Å². The third-order valence-electron chi connectivity index (χ3n) is 9.07. The third kappa shape index (κ3) is 9.08. The number of ether oxygens (including phenoxy) is 2. The van der Waals surface area contributed by atoms with E-state index in [0.717, 1.165) is 46.4 Å². The number of nitrogens with one attached hydrogen (secondary N) is 1. The minimum absolute atomic E-state index is 0.122. The first-order valence-corrected chi connectivity index (χ1v) is 17.2. The number of amides is 1. The number of thioether (sulfide) groups is 1. The molecular weight excluding hydrogens is 544 g/mol. The molecular formula is C35H50N2O4S. The number of hydrogen-bond donors (Lipinski definition) is 1. The van der Waals surface area contributed by atoms with Crippen LogP contribution < -0.4 is 5.32 Å². The highest BCUT2D eigenvalue weighted by Crippen LogP contribution is 2.35. The smallest absolute Gasteiger partial charge is 0.328 e. The van der Waals surface area contributed by atoms with Gasteiger partial charge in [0.25, 0.3) is 5.91 Å². The van der Waals surface area contributed by atoms with Crippen LogP contribution in [0.25, 0.3) is 11.1 Å². The van der Waals surface area contributed by atoms with Crippen LogP contribution in [0.1, 0.15) is 79.8 Å². The number of esters is 1. The summed E-state index contributed by atoms with van der Waals surface area (Å²) in [5.41, 5.74) is 4.50. The van der Waals surface area contributed by atoms with E-state index in [1.54, 1.807) is 11.8 Å². The lowest BCUT2D eigenvalue weighted by atomic mass is 9.76. The van der Waals surface area contributed by atoms with Crippen LogP contribution in [0.2, 0.25) is 0 Å². The van der Waals surface area contributed by atoms with Crippen LogP contribution >= 0.6 is 11.8 Å². The van der Waals surface area contributed by atoms with Crippen molar-refractivity contribution in [1.82, 2.24) is 10.2 Å². The lowest BCUT2D eigenvalue weighted by Gasteiger charge is -2.39. The van der Waals surface area contributed by atoms with Crippen LogP contribution in [0.5, 0.6) is 0 Å². The lowest BCUT2D eigenvalue weighted by Crippen LogP contribution is -2.42. The Morgan fingerprint density at radius 3 is 2.52 bits per heavy atom. The summed E-state index contributed by atoms with van der Waals surface area (Å²) in [6, 6.07) is 13.3. The van der Waals surface area contributed by atoms with Gasteiger partial charge in [0.15, 0.2) is 0 Å². The van der Waals surface area contributed by atoms with Gasteiger partial charge in [-0.3, -0.25) is 4.79 Å². The molecule has 1 aliphatic carbocycles. The zero-order chi connectivity index (χ0) is 29.9. The molecule has 1 saturated carbocycles. The number of piperidine rings is 1. The maximum absolute atomic E-state index is 13.5. The summed E-state index contributed by atoms with van der Waals surface area (Å²) in [5, 5.41) is 2.93. The lowest BCUT2D eigenvalue weighted by molar-refractivity contribution is -0.142. The van der Waals surface area contributed by atoms with Crippen molar-refractivity contribution in [2.24, 2.45) is 11.8 Å². The molecule has 6 nitrogen and oxygen atoms in total. The highest BCUT2D eigenvalue weighted by Gasteiger charge is 2.29. The molecule has 0 spiro atoms. The Labute approximate surface area is 257 Å². The fraction of sp³-hybridized carbons (Fsp3) is 0.600. The van der Waals surface area contributed by atoms with Gasteiger partial charge >= 0.3 is 5.97 Å². The number of carbonyl (C=O) groups is 2. The largest absolute Gasteiger partial charge is 0.467 e. The number of rotatable bonds is 13. The number of nitrogens with zero attached hydrogens (tertiary/aromatic N) is 1. The van der Waals surface area contributed by atoms with Gasteiger partial charge in [-0.15, -0.1) is 0 Å². The van der Waals surface area contributed by atoms with Gasteiger partial charge in [-0.1, -0.05) is 62.4 Å². The molecule has 3 atom stereocenters. The van der Waals surface area contributed by atoms with Crippen LogP contribution in [0.15, 0.2) is 42.5 Å². The van der Waals surface area contributed by atoms with Gasteiger partial charge in [-0.2, -0.15) is 11.8 Å². The second-order valence-electron chi connectivity index (χ2n) is 12.2. The predicted molar refractivity (Wildman–Crippen MR) is 173 cm³/mol. The van der Waals surface area contributed by atoms with E-state index in [4.69, 9.17) is 9.47 Å². The monoisotopic (exact) mass is 594 g/mol. The number of benzene rings is 2. The topological polar surface area (TPSA) is 67.9 Å². The van der Waals surface area contributed by atoms with Crippen LogP contribution in [0.3, 0.4) is 0 Å². The summed E-state index contributed by atoms with van der Waals surface area (Å²) in [6.45, 7) is 8.05. The van der Waals surface area contributed by atoms with Crippen molar-refractivity contribution in [2.45, 2.75) is 84.0 Å². The van der Waals surface area contributed by atoms with Crippen LogP contribution in [-0.2, 0) is 20.9 Å². The number of aryl methyl sites for hydroxylation is 1. The fourth-order valence-corrected chi connectivity index (χ4v) is 7.21. The standard InChI is InChI=1S/C35H50N2O4S/c1-25-11-8-9-15-30(25)32-21-27(16-17-31(32)34(38)36-33(18-20-42-4)35(39)40-3)24-41-26(2)22-37-19-10-14-29(23-37)28-12-6-5-7-13-28/h8-9,11,15-17,21,26,28-29,33H,5-7,10,12-14,18-20,22-24H2,1-4H3,(H,36,38)/t26?,29?,33-/m0/s1. The molecule has 1 N–H and O–H groups in total. The zero-order valence-electron chi connectivity index (χ0n) is 26.0. The van der Waals surface area contributed by atoms with E-state index in [0.29, 0.717) is 18.6 Å². The predicted octanol–water partition coefficient (Wildman–Crippen LogP) is 6.88. The van der Waals surface area contributed by atoms with Gasteiger partial charge in [0.1, 0.15) is 6.04 Å². The van der Waals surface area contributed by atoms with E-state index in [1.807, 2.05) is 36.6 Å². The van der Waals surface area contributed by atoms with Gasteiger partial charge in [-0.25, -0.2) is 4.79 Å². The first-order valence-electron chi connectivity index (χ1n) is 15.8. The van der Waals surface area contributed by atoms with Crippen molar-refractivity contribution in [3.63, 3.8) is 0 Å². The van der Waals surface area contributed by atoms with Crippen molar-refractivity contribution >= 4 is 23.6 Å². The molecule has 7 heteroatoms. The molecule has 2 fully saturated rings. The Kier molecular flexibility index (Phi) is 12.8. The number of hydrogen-bond acceptors (Lipinski definition) is 6. The van der Waals surface area contributed by atoms with E-state index in [1.165, 1.54) is 65.1 Å². The average Bonchev–Trinajstić information content (AvgIpc) is 3.02. The number of methoxy groups -OCH3 is 1. The highest BCUT2D eigenvalue weighted by molar-refractivity contribution is 7.98. The molecule has 1 aliphatic heterocycles. The van der Waals surface area contributed by atoms with Gasteiger partial charge in [-0.05, 0) is 97.9 Å². The second kappa shape index (κ2) is 16.5. The first kappa shape index (κ1) is 32.6. The minimum atomic E-state index is -0.684. The zero-order valence-corrected chi connectivity index (χ0v) is 26.8. The number of carbonyl (C=O) groups excluding carboxylic acids is 2. The van der Waals surface area contributed by atoms with E-state index < -0.39 is 12.0 Å².